The van der Waals surface area contributed by atoms with Crippen LogP contribution in [0.1, 0.15) is 12.5 Å². The maximum absolute atomic E-state index is 6.11. The summed E-state index contributed by atoms with van der Waals surface area (Å²) in [6, 6.07) is 13.3. The molecule has 0 aliphatic rings. The minimum absolute atomic E-state index is 0.509. The molecule has 0 bridgehead atoms. The maximum Gasteiger partial charge on any atom is 0.191 e. The predicted molar refractivity (Wildman–Crippen MR) is 102 cm³/mol. The molecule has 0 saturated carbocycles. The first-order chi connectivity index (χ1) is 11.6. The minimum Gasteiger partial charge on any atom is -0.302 e. The Labute approximate surface area is 160 Å². The quantitative estimate of drug-likeness (QED) is 0.478. The zero-order valence-corrected chi connectivity index (χ0v) is 15.9. The third-order valence-electron chi connectivity index (χ3n) is 3.49. The van der Waals surface area contributed by atoms with Crippen molar-refractivity contribution < 1.29 is 0 Å². The topological polar surface area (TPSA) is 30.7 Å². The van der Waals surface area contributed by atoms with E-state index in [9.17, 15) is 0 Å². The smallest absolute Gasteiger partial charge is 0.191 e. The Morgan fingerprint density at radius 2 is 1.71 bits per heavy atom. The summed E-state index contributed by atoms with van der Waals surface area (Å²) in [5.41, 5.74) is 2.09. The van der Waals surface area contributed by atoms with E-state index in [0.717, 1.165) is 33.9 Å². The van der Waals surface area contributed by atoms with Gasteiger partial charge in [-0.25, -0.2) is 0 Å². The van der Waals surface area contributed by atoms with Gasteiger partial charge in [0.2, 0.25) is 0 Å². The molecule has 3 aromatic rings. The van der Waals surface area contributed by atoms with E-state index in [2.05, 4.69) is 21.7 Å². The second-order valence-corrected chi connectivity index (χ2v) is 7.29. The molecule has 1 heterocycles. The van der Waals surface area contributed by atoms with Crippen molar-refractivity contribution in [2.45, 2.75) is 24.4 Å². The highest BCUT2D eigenvalue weighted by molar-refractivity contribution is 7.98. The minimum atomic E-state index is 0.509. The number of thioether (sulfide) groups is 1. The molecule has 0 aliphatic heterocycles. The van der Waals surface area contributed by atoms with E-state index in [1.54, 1.807) is 17.8 Å². The summed E-state index contributed by atoms with van der Waals surface area (Å²) in [6.45, 7) is 2.84. The number of halogens is 3. The molecule has 0 atom stereocenters. The highest BCUT2D eigenvalue weighted by Gasteiger charge is 2.14. The molecule has 2 aromatic carbocycles. The van der Waals surface area contributed by atoms with E-state index < -0.39 is 0 Å². The SMILES string of the molecule is CCn1c(SCc2ccc(Cl)cc2)nnc1-c1ccc(Cl)c(Cl)c1. The average Bonchev–Trinajstić information content (AvgIpc) is 3.00. The first-order valence-corrected chi connectivity index (χ1v) is 9.46. The third-order valence-corrected chi connectivity index (χ3v) is 5.52. The van der Waals surface area contributed by atoms with Gasteiger partial charge in [-0.1, -0.05) is 58.7 Å². The van der Waals surface area contributed by atoms with Crippen molar-refractivity contribution in [2.24, 2.45) is 0 Å². The molecule has 0 amide bonds. The van der Waals surface area contributed by atoms with E-state index in [1.807, 2.05) is 36.4 Å². The zero-order chi connectivity index (χ0) is 17.1. The molecule has 124 valence electrons. The van der Waals surface area contributed by atoms with Crippen LogP contribution in [-0.4, -0.2) is 14.8 Å². The van der Waals surface area contributed by atoms with Crippen molar-refractivity contribution in [1.82, 2.24) is 14.8 Å². The third kappa shape index (κ3) is 3.89. The summed E-state index contributed by atoms with van der Waals surface area (Å²) in [5.74, 6) is 1.59. The molecule has 0 saturated heterocycles. The van der Waals surface area contributed by atoms with Crippen LogP contribution < -0.4 is 0 Å². The molecule has 0 fully saturated rings. The number of hydrogen-bond donors (Lipinski definition) is 0. The average molecular weight is 399 g/mol. The molecular weight excluding hydrogens is 385 g/mol. The molecule has 0 unspecified atom stereocenters. The zero-order valence-electron chi connectivity index (χ0n) is 12.8. The van der Waals surface area contributed by atoms with Gasteiger partial charge in [0, 0.05) is 22.9 Å². The fourth-order valence-corrected chi connectivity index (χ4v) is 3.64. The van der Waals surface area contributed by atoms with Crippen molar-refractivity contribution in [3.8, 4) is 11.4 Å². The van der Waals surface area contributed by atoms with Gasteiger partial charge in [-0.2, -0.15) is 0 Å². The monoisotopic (exact) mass is 397 g/mol. The normalized spacial score (nSPS) is 11.0. The number of rotatable bonds is 5. The largest absolute Gasteiger partial charge is 0.302 e. The number of aromatic nitrogens is 3. The lowest BCUT2D eigenvalue weighted by Crippen LogP contribution is -2.00. The van der Waals surface area contributed by atoms with Crippen LogP contribution in [0.3, 0.4) is 0 Å². The predicted octanol–water partition coefficient (Wildman–Crippen LogP) is 6.22. The molecule has 3 nitrogen and oxygen atoms in total. The fourth-order valence-electron chi connectivity index (χ4n) is 2.26. The summed E-state index contributed by atoms with van der Waals surface area (Å²) < 4.78 is 2.07. The fraction of sp³-hybridized carbons (Fsp3) is 0.176. The van der Waals surface area contributed by atoms with Crippen molar-refractivity contribution in [1.29, 1.82) is 0 Å². The van der Waals surface area contributed by atoms with Gasteiger partial charge >= 0.3 is 0 Å². The second-order valence-electron chi connectivity index (χ2n) is 5.09. The maximum atomic E-state index is 6.11. The van der Waals surface area contributed by atoms with Crippen molar-refractivity contribution in [2.75, 3.05) is 0 Å². The van der Waals surface area contributed by atoms with E-state index in [1.165, 1.54) is 5.56 Å². The summed E-state index contributed by atoms with van der Waals surface area (Å²) in [5, 5.41) is 11.3. The van der Waals surface area contributed by atoms with Crippen LogP contribution >= 0.6 is 46.6 Å². The molecule has 0 N–H and O–H groups in total. The summed E-state index contributed by atoms with van der Waals surface area (Å²) in [4.78, 5) is 0. The van der Waals surface area contributed by atoms with E-state index in [4.69, 9.17) is 34.8 Å². The molecule has 7 heteroatoms. The summed E-state index contributed by atoms with van der Waals surface area (Å²) >= 11 is 19.7. The number of hydrogen-bond acceptors (Lipinski definition) is 3. The Bertz CT molecular complexity index is 847. The van der Waals surface area contributed by atoms with Gasteiger partial charge < -0.3 is 4.57 Å². The summed E-state index contributed by atoms with van der Waals surface area (Å²) in [6.07, 6.45) is 0. The molecule has 24 heavy (non-hydrogen) atoms. The van der Waals surface area contributed by atoms with Crippen LogP contribution in [0.15, 0.2) is 47.6 Å². The van der Waals surface area contributed by atoms with Crippen molar-refractivity contribution >= 4 is 46.6 Å². The Hall–Kier alpha value is -1.20. The van der Waals surface area contributed by atoms with Gasteiger partial charge in [0.1, 0.15) is 0 Å². The molecule has 3 rings (SSSR count). The van der Waals surface area contributed by atoms with Crippen LogP contribution in [0.2, 0.25) is 15.1 Å². The molecule has 0 spiro atoms. The van der Waals surface area contributed by atoms with Gasteiger partial charge in [0.05, 0.1) is 10.0 Å². The Kier molecular flexibility index (Phi) is 5.72. The lowest BCUT2D eigenvalue weighted by atomic mass is 10.2. The highest BCUT2D eigenvalue weighted by atomic mass is 35.5. The Balaban J connectivity index is 1.83. The molecule has 0 aliphatic carbocycles. The van der Waals surface area contributed by atoms with E-state index >= 15 is 0 Å². The van der Waals surface area contributed by atoms with Gasteiger partial charge in [-0.05, 0) is 42.8 Å². The van der Waals surface area contributed by atoms with Gasteiger partial charge in [-0.3, -0.25) is 0 Å². The summed E-state index contributed by atoms with van der Waals surface area (Å²) in [7, 11) is 0. The Morgan fingerprint density at radius 1 is 0.958 bits per heavy atom. The number of benzene rings is 2. The van der Waals surface area contributed by atoms with E-state index in [0.29, 0.717) is 10.0 Å². The first-order valence-electron chi connectivity index (χ1n) is 7.34. The number of nitrogens with zero attached hydrogens (tertiary/aromatic N) is 3. The van der Waals surface area contributed by atoms with Crippen LogP contribution in [0.25, 0.3) is 11.4 Å². The standard InChI is InChI=1S/C17H14Cl3N3S/c1-2-23-16(12-5-8-14(19)15(20)9-12)21-22-17(23)24-10-11-3-6-13(18)7-4-11/h3-9H,2,10H2,1H3. The Morgan fingerprint density at radius 3 is 2.38 bits per heavy atom. The second kappa shape index (κ2) is 7.79. The van der Waals surface area contributed by atoms with Crippen molar-refractivity contribution in [3.05, 3.63) is 63.1 Å². The molecule has 1 aromatic heterocycles. The molecular formula is C17H14Cl3N3S. The molecule has 0 radical (unpaired) electrons. The van der Waals surface area contributed by atoms with Gasteiger partial charge in [0.25, 0.3) is 0 Å². The first kappa shape index (κ1) is 17.6. The lowest BCUT2D eigenvalue weighted by molar-refractivity contribution is 0.687. The highest BCUT2D eigenvalue weighted by Crippen LogP contribution is 2.30. The van der Waals surface area contributed by atoms with E-state index in [-0.39, 0.29) is 0 Å². The van der Waals surface area contributed by atoms with Crippen LogP contribution in [0, 0.1) is 0 Å². The van der Waals surface area contributed by atoms with Gasteiger partial charge in [-0.15, -0.1) is 10.2 Å². The van der Waals surface area contributed by atoms with Gasteiger partial charge in [0.15, 0.2) is 11.0 Å². The van der Waals surface area contributed by atoms with Crippen LogP contribution in [-0.2, 0) is 12.3 Å². The van der Waals surface area contributed by atoms with Crippen LogP contribution in [0.4, 0.5) is 0 Å². The van der Waals surface area contributed by atoms with Crippen LogP contribution in [0.5, 0.6) is 0 Å². The lowest BCUT2D eigenvalue weighted by Gasteiger charge is -2.08. The van der Waals surface area contributed by atoms with Crippen molar-refractivity contribution in [3.63, 3.8) is 0 Å².